The van der Waals surface area contributed by atoms with Gasteiger partial charge in [0.05, 0.1) is 16.7 Å². The van der Waals surface area contributed by atoms with E-state index in [9.17, 15) is 31.1 Å². The molecule has 0 aliphatic rings. The molecule has 2 nitrogen and oxygen atoms in total. The lowest BCUT2D eigenvalue weighted by atomic mass is 10.0. The molecule has 0 saturated carbocycles. The van der Waals surface area contributed by atoms with E-state index in [1.54, 1.807) is 0 Å². The first-order valence-electron chi connectivity index (χ1n) is 5.52. The van der Waals surface area contributed by atoms with Gasteiger partial charge in [-0.2, -0.15) is 26.3 Å². The van der Waals surface area contributed by atoms with Gasteiger partial charge in [-0.05, 0) is 32.0 Å². The predicted octanol–water partition coefficient (Wildman–Crippen LogP) is 3.86. The molecule has 112 valence electrons. The van der Waals surface area contributed by atoms with Crippen LogP contribution in [-0.4, -0.2) is 11.9 Å². The van der Waals surface area contributed by atoms with Crippen molar-refractivity contribution >= 4 is 5.91 Å². The molecular formula is C12H11F6NO. The highest BCUT2D eigenvalue weighted by Gasteiger charge is 2.39. The summed E-state index contributed by atoms with van der Waals surface area (Å²) in [6.07, 6.45) is -9.96. The Bertz CT molecular complexity index is 504. The molecule has 1 rings (SSSR count). The van der Waals surface area contributed by atoms with Crippen molar-refractivity contribution in [2.24, 2.45) is 0 Å². The van der Waals surface area contributed by atoms with Gasteiger partial charge in [0, 0.05) is 6.04 Å². The average molecular weight is 299 g/mol. The smallest absolute Gasteiger partial charge is 0.350 e. The molecule has 1 N–H and O–H groups in total. The van der Waals surface area contributed by atoms with Crippen LogP contribution >= 0.6 is 0 Å². The molecule has 8 heteroatoms. The number of carbonyl (C=O) groups is 1. The number of alkyl halides is 6. The molecule has 0 fully saturated rings. The molecule has 0 atom stereocenters. The highest BCUT2D eigenvalue weighted by atomic mass is 19.4. The Balaban J connectivity index is 3.36. The van der Waals surface area contributed by atoms with Crippen LogP contribution in [0.3, 0.4) is 0 Å². The van der Waals surface area contributed by atoms with E-state index >= 15 is 0 Å². The van der Waals surface area contributed by atoms with E-state index in [0.717, 1.165) is 0 Å². The van der Waals surface area contributed by atoms with Gasteiger partial charge in [-0.15, -0.1) is 0 Å². The summed E-state index contributed by atoms with van der Waals surface area (Å²) in [7, 11) is 0. The van der Waals surface area contributed by atoms with Crippen molar-refractivity contribution in [3.63, 3.8) is 0 Å². The van der Waals surface area contributed by atoms with Gasteiger partial charge in [-0.25, -0.2) is 0 Å². The molecule has 0 aliphatic heterocycles. The maximum Gasteiger partial charge on any atom is 0.417 e. The zero-order valence-corrected chi connectivity index (χ0v) is 10.5. The molecule has 0 saturated heterocycles. The maximum atomic E-state index is 12.8. The lowest BCUT2D eigenvalue weighted by Crippen LogP contribution is -2.32. The van der Waals surface area contributed by atoms with E-state index in [2.05, 4.69) is 5.32 Å². The van der Waals surface area contributed by atoms with Gasteiger partial charge in [0.1, 0.15) is 0 Å². The Morgan fingerprint density at radius 3 is 2.00 bits per heavy atom. The molecule has 1 aromatic carbocycles. The Morgan fingerprint density at radius 2 is 1.60 bits per heavy atom. The molecule has 0 spiro atoms. The lowest BCUT2D eigenvalue weighted by Gasteiger charge is -2.16. The van der Waals surface area contributed by atoms with Gasteiger partial charge in [-0.1, -0.05) is 0 Å². The molecular weight excluding hydrogens is 288 g/mol. The van der Waals surface area contributed by atoms with Crippen molar-refractivity contribution in [2.75, 3.05) is 0 Å². The number of rotatable bonds is 2. The van der Waals surface area contributed by atoms with E-state index in [0.29, 0.717) is 12.1 Å². The number of nitrogens with one attached hydrogen (secondary N) is 1. The topological polar surface area (TPSA) is 29.1 Å². The Labute approximate surface area is 110 Å². The van der Waals surface area contributed by atoms with Gasteiger partial charge in [-0.3, -0.25) is 4.79 Å². The third kappa shape index (κ3) is 3.88. The first kappa shape index (κ1) is 16.3. The van der Waals surface area contributed by atoms with Crippen LogP contribution in [0.15, 0.2) is 18.2 Å². The van der Waals surface area contributed by atoms with Gasteiger partial charge in [0.15, 0.2) is 0 Å². The zero-order valence-electron chi connectivity index (χ0n) is 10.5. The maximum absolute atomic E-state index is 12.8. The first-order chi connectivity index (χ1) is 8.93. The number of halogens is 6. The van der Waals surface area contributed by atoms with Crippen LogP contribution in [0.1, 0.15) is 35.3 Å². The minimum absolute atomic E-state index is 0.0603. The highest BCUT2D eigenvalue weighted by Crippen LogP contribution is 2.37. The third-order valence-corrected chi connectivity index (χ3v) is 2.32. The average Bonchev–Trinajstić information content (AvgIpc) is 2.24. The van der Waals surface area contributed by atoms with Crippen molar-refractivity contribution in [3.05, 3.63) is 34.9 Å². The Kier molecular flexibility index (Phi) is 4.36. The highest BCUT2D eigenvalue weighted by molar-refractivity contribution is 5.96. The lowest BCUT2D eigenvalue weighted by molar-refractivity contribution is -0.143. The molecule has 1 amide bonds. The molecule has 0 bridgehead atoms. The summed E-state index contributed by atoms with van der Waals surface area (Å²) in [6, 6.07) is 0.481. The largest absolute Gasteiger partial charge is 0.417 e. The fourth-order valence-electron chi connectivity index (χ4n) is 1.49. The summed E-state index contributed by atoms with van der Waals surface area (Å²) >= 11 is 0. The van der Waals surface area contributed by atoms with Crippen molar-refractivity contribution < 1.29 is 31.1 Å². The monoisotopic (exact) mass is 299 g/mol. The van der Waals surface area contributed by atoms with Crippen LogP contribution in [0, 0.1) is 0 Å². The molecule has 0 heterocycles. The van der Waals surface area contributed by atoms with Crippen LogP contribution < -0.4 is 5.32 Å². The standard InChI is InChI=1S/C12H11F6NO/c1-6(2)19-10(20)8-4-3-7(11(13,14)15)5-9(8)12(16,17)18/h3-6H,1-2H3,(H,19,20). The molecule has 0 radical (unpaired) electrons. The SMILES string of the molecule is CC(C)NC(=O)c1ccc(C(F)(F)F)cc1C(F)(F)F. The molecule has 0 unspecified atom stereocenters. The quantitative estimate of drug-likeness (QED) is 0.825. The summed E-state index contributed by atoms with van der Waals surface area (Å²) in [4.78, 5) is 11.6. The van der Waals surface area contributed by atoms with Gasteiger partial charge < -0.3 is 5.32 Å². The summed E-state index contributed by atoms with van der Waals surface area (Å²) in [5, 5.41) is 2.21. The second-order valence-corrected chi connectivity index (χ2v) is 4.38. The number of amides is 1. The van der Waals surface area contributed by atoms with Crippen LogP contribution in [-0.2, 0) is 12.4 Å². The Hall–Kier alpha value is -1.73. The van der Waals surface area contributed by atoms with Gasteiger partial charge >= 0.3 is 12.4 Å². The Morgan fingerprint density at radius 1 is 1.05 bits per heavy atom. The molecule has 20 heavy (non-hydrogen) atoms. The summed E-state index contributed by atoms with van der Waals surface area (Å²) in [5.74, 6) is -1.07. The number of benzene rings is 1. The van der Waals surface area contributed by atoms with E-state index in [1.807, 2.05) is 0 Å². The van der Waals surface area contributed by atoms with Crippen molar-refractivity contribution in [1.82, 2.24) is 5.32 Å². The second-order valence-electron chi connectivity index (χ2n) is 4.38. The number of hydrogen-bond acceptors (Lipinski definition) is 1. The van der Waals surface area contributed by atoms with Crippen LogP contribution in [0.4, 0.5) is 26.3 Å². The van der Waals surface area contributed by atoms with Crippen molar-refractivity contribution in [2.45, 2.75) is 32.2 Å². The minimum atomic E-state index is -5.05. The van der Waals surface area contributed by atoms with E-state index in [1.165, 1.54) is 13.8 Å². The van der Waals surface area contributed by atoms with E-state index < -0.39 is 41.0 Å². The van der Waals surface area contributed by atoms with Gasteiger partial charge in [0.25, 0.3) is 5.91 Å². The minimum Gasteiger partial charge on any atom is -0.350 e. The fourth-order valence-corrected chi connectivity index (χ4v) is 1.49. The molecule has 0 aromatic heterocycles. The van der Waals surface area contributed by atoms with E-state index in [4.69, 9.17) is 0 Å². The van der Waals surface area contributed by atoms with Crippen LogP contribution in [0.2, 0.25) is 0 Å². The number of carbonyl (C=O) groups excluding carboxylic acids is 1. The number of hydrogen-bond donors (Lipinski definition) is 1. The van der Waals surface area contributed by atoms with Crippen LogP contribution in [0.25, 0.3) is 0 Å². The van der Waals surface area contributed by atoms with Crippen molar-refractivity contribution in [3.8, 4) is 0 Å². The summed E-state index contributed by atoms with van der Waals surface area (Å²) < 4.78 is 75.6. The van der Waals surface area contributed by atoms with E-state index in [-0.39, 0.29) is 6.07 Å². The third-order valence-electron chi connectivity index (χ3n) is 2.32. The van der Waals surface area contributed by atoms with Crippen molar-refractivity contribution in [1.29, 1.82) is 0 Å². The zero-order chi connectivity index (χ0) is 15.7. The molecule has 0 aliphatic carbocycles. The summed E-state index contributed by atoms with van der Waals surface area (Å²) in [5.41, 5.74) is -3.89. The second kappa shape index (κ2) is 5.34. The normalized spacial score (nSPS) is 12.7. The predicted molar refractivity (Wildman–Crippen MR) is 59.0 cm³/mol. The molecule has 1 aromatic rings. The fraction of sp³-hybridized carbons (Fsp3) is 0.417. The van der Waals surface area contributed by atoms with Crippen LogP contribution in [0.5, 0.6) is 0 Å². The summed E-state index contributed by atoms with van der Waals surface area (Å²) in [6.45, 7) is 3.05. The first-order valence-corrected chi connectivity index (χ1v) is 5.52. The van der Waals surface area contributed by atoms with Gasteiger partial charge in [0.2, 0.25) is 0 Å².